The van der Waals surface area contributed by atoms with Gasteiger partial charge < -0.3 is 35.0 Å². The number of anilines is 4. The van der Waals surface area contributed by atoms with Gasteiger partial charge in [0.05, 0.1) is 29.2 Å². The Morgan fingerprint density at radius 3 is 2.32 bits per heavy atom. The number of nitrogens with zero attached hydrogens (tertiary/aromatic N) is 4. The van der Waals surface area contributed by atoms with Gasteiger partial charge in [0.15, 0.2) is 0 Å². The predicted molar refractivity (Wildman–Crippen MR) is 168 cm³/mol. The van der Waals surface area contributed by atoms with Crippen LogP contribution >= 0.6 is 7.60 Å². The maximum atomic E-state index is 14.2. The van der Waals surface area contributed by atoms with E-state index in [-0.39, 0.29) is 53.9 Å². The maximum absolute atomic E-state index is 14.2. The zero-order chi connectivity index (χ0) is 34.3. The molecule has 2 aliphatic rings. The summed E-state index contributed by atoms with van der Waals surface area (Å²) >= 11 is 0. The van der Waals surface area contributed by atoms with Crippen LogP contribution in [0.15, 0.2) is 36.5 Å². The summed E-state index contributed by atoms with van der Waals surface area (Å²) in [6.45, 7) is 4.66. The number of carbonyl (C=O) groups excluding carboxylic acids is 2. The number of rotatable bonds is 10. The molecule has 252 valence electrons. The molecule has 1 saturated heterocycles. The molecule has 2 aromatic carbocycles. The first-order valence-electron chi connectivity index (χ1n) is 15.1. The fourth-order valence-electron chi connectivity index (χ4n) is 6.27. The van der Waals surface area contributed by atoms with Crippen LogP contribution in [0.4, 0.5) is 36.3 Å². The summed E-state index contributed by atoms with van der Waals surface area (Å²) in [5, 5.41) is 4.05. The number of hydrogen-bond acceptors (Lipinski definition) is 8. The summed E-state index contributed by atoms with van der Waals surface area (Å²) in [7, 11) is -1.70. The van der Waals surface area contributed by atoms with Crippen LogP contribution in [0, 0.1) is 0 Å². The molecule has 2 aliphatic heterocycles. The first-order chi connectivity index (χ1) is 22.1. The van der Waals surface area contributed by atoms with Gasteiger partial charge in [-0.3, -0.25) is 14.2 Å². The van der Waals surface area contributed by atoms with Crippen LogP contribution < -0.4 is 15.4 Å². The van der Waals surface area contributed by atoms with E-state index in [2.05, 4.69) is 20.6 Å². The van der Waals surface area contributed by atoms with Crippen LogP contribution in [0.3, 0.4) is 0 Å². The van der Waals surface area contributed by atoms with Crippen molar-refractivity contribution in [2.75, 3.05) is 37.9 Å². The van der Waals surface area contributed by atoms with Gasteiger partial charge in [0.25, 0.3) is 11.8 Å². The lowest BCUT2D eigenvalue weighted by atomic mass is 9.92. The van der Waals surface area contributed by atoms with E-state index in [9.17, 15) is 37.1 Å². The van der Waals surface area contributed by atoms with Crippen molar-refractivity contribution in [3.8, 4) is 5.75 Å². The largest absolute Gasteiger partial charge is 0.495 e. The quantitative estimate of drug-likeness (QED) is 0.188. The molecule has 0 radical (unpaired) electrons. The van der Waals surface area contributed by atoms with E-state index in [0.717, 1.165) is 12.8 Å². The third-order valence-corrected chi connectivity index (χ3v) is 11.0. The number of halogens is 3. The maximum Gasteiger partial charge on any atom is 0.421 e. The van der Waals surface area contributed by atoms with Gasteiger partial charge in [-0.2, -0.15) is 18.2 Å². The Morgan fingerprint density at radius 2 is 1.72 bits per heavy atom. The minimum absolute atomic E-state index is 0.0531. The number of amides is 2. The molecule has 0 unspecified atom stereocenters. The van der Waals surface area contributed by atoms with Gasteiger partial charge in [0.1, 0.15) is 17.1 Å². The molecule has 0 bridgehead atoms. The average Bonchev–Trinajstić information content (AvgIpc) is 3.66. The van der Waals surface area contributed by atoms with E-state index in [4.69, 9.17) is 4.74 Å². The van der Waals surface area contributed by atoms with E-state index in [1.807, 2.05) is 0 Å². The first-order valence-corrected chi connectivity index (χ1v) is 16.7. The molecular weight excluding hydrogens is 640 g/mol. The van der Waals surface area contributed by atoms with E-state index in [0.29, 0.717) is 36.0 Å². The highest BCUT2D eigenvalue weighted by Crippen LogP contribution is 2.61. The number of ether oxygens (including phenoxy) is 1. The molecular formula is C31H36F3N6O6P. The fraction of sp³-hybridized carbons (Fsp3) is 0.419. The third kappa shape index (κ3) is 6.27. The number of aromatic nitrogens is 2. The second kappa shape index (κ2) is 12.8. The van der Waals surface area contributed by atoms with E-state index in [1.54, 1.807) is 25.8 Å². The molecule has 0 spiro atoms. The molecule has 0 aliphatic carbocycles. The predicted octanol–water partition coefficient (Wildman–Crippen LogP) is 6.01. The van der Waals surface area contributed by atoms with Crippen molar-refractivity contribution in [1.82, 2.24) is 19.8 Å². The number of alkyl halides is 3. The van der Waals surface area contributed by atoms with Crippen LogP contribution in [0.1, 0.15) is 76.9 Å². The Labute approximate surface area is 269 Å². The molecule has 1 fully saturated rings. The van der Waals surface area contributed by atoms with E-state index < -0.39 is 36.2 Å². The van der Waals surface area contributed by atoms with Crippen LogP contribution in [0.2, 0.25) is 0 Å². The summed E-state index contributed by atoms with van der Waals surface area (Å²) in [6.07, 6.45) is -2.21. The number of fused-ring (bicyclic) bond motifs is 1. The van der Waals surface area contributed by atoms with Crippen LogP contribution in [0.25, 0.3) is 0 Å². The summed E-state index contributed by atoms with van der Waals surface area (Å²) < 4.78 is 60.4. The highest BCUT2D eigenvalue weighted by atomic mass is 31.2. The molecule has 16 heteroatoms. The molecule has 1 aromatic heterocycles. The van der Waals surface area contributed by atoms with Crippen molar-refractivity contribution in [2.45, 2.75) is 57.4 Å². The molecule has 2 amide bonds. The number of methoxy groups -OCH3 is 1. The van der Waals surface area contributed by atoms with Crippen molar-refractivity contribution in [3.63, 3.8) is 0 Å². The summed E-state index contributed by atoms with van der Waals surface area (Å²) in [5.74, 6) is -1.40. The SMILES string of the molecule is CCC(CC)(c1ccc(Nc2ncc(C(F)(F)F)c(Nc3ccc(C(=O)N4CCCC4)c4c3C(=O)N(C)C4)n2)c(OC)c1)P(=O)(O)O. The molecule has 4 N–H and O–H groups in total. The number of hydrogen-bond donors (Lipinski definition) is 4. The lowest BCUT2D eigenvalue weighted by molar-refractivity contribution is -0.137. The van der Waals surface area contributed by atoms with Crippen molar-refractivity contribution in [2.24, 2.45) is 0 Å². The molecule has 3 heterocycles. The smallest absolute Gasteiger partial charge is 0.421 e. The van der Waals surface area contributed by atoms with Gasteiger partial charge in [-0.15, -0.1) is 0 Å². The first kappa shape index (κ1) is 34.1. The topological polar surface area (TPSA) is 157 Å². The fourth-order valence-corrected chi connectivity index (χ4v) is 7.57. The van der Waals surface area contributed by atoms with Crippen molar-refractivity contribution >= 4 is 42.6 Å². The van der Waals surface area contributed by atoms with E-state index >= 15 is 0 Å². The van der Waals surface area contributed by atoms with Gasteiger partial charge in [-0.05, 0) is 61.1 Å². The van der Waals surface area contributed by atoms with Gasteiger partial charge in [-0.25, -0.2) is 4.98 Å². The third-order valence-electron chi connectivity index (χ3n) is 8.95. The second-order valence-electron chi connectivity index (χ2n) is 11.6. The summed E-state index contributed by atoms with van der Waals surface area (Å²) in [4.78, 5) is 57.8. The Kier molecular flexibility index (Phi) is 9.28. The Hall–Kier alpha value is -4.20. The van der Waals surface area contributed by atoms with Crippen LogP contribution in [0.5, 0.6) is 5.75 Å². The minimum Gasteiger partial charge on any atom is -0.495 e. The molecule has 0 saturated carbocycles. The molecule has 3 aromatic rings. The molecule has 12 nitrogen and oxygen atoms in total. The molecule has 0 atom stereocenters. The highest BCUT2D eigenvalue weighted by molar-refractivity contribution is 7.53. The lowest BCUT2D eigenvalue weighted by Crippen LogP contribution is -2.28. The monoisotopic (exact) mass is 676 g/mol. The van der Waals surface area contributed by atoms with Crippen molar-refractivity contribution in [3.05, 3.63) is 64.3 Å². The lowest BCUT2D eigenvalue weighted by Gasteiger charge is -2.33. The Morgan fingerprint density at radius 1 is 1.06 bits per heavy atom. The standard InChI is InChI=1S/C31H36F3N6O6P/c1-5-30(6-2,47(43,44)45)18-9-11-22(24(15-18)46-4)37-29-35-16-21(31(32,33)34)26(38-29)36-23-12-10-19(27(41)40-13-7-8-14-40)20-17-39(3)28(42)25(20)23/h9-12,15-16H,5-8,13-14,17H2,1-4H3,(H2,43,44,45)(H2,35,36,37,38). The minimum atomic E-state index is -4.86. The average molecular weight is 677 g/mol. The van der Waals surface area contributed by atoms with Gasteiger partial charge in [0, 0.05) is 38.4 Å². The Bertz CT molecular complexity index is 1750. The number of nitrogens with one attached hydrogen (secondary N) is 2. The van der Waals surface area contributed by atoms with Crippen molar-refractivity contribution < 1.29 is 41.8 Å². The van der Waals surface area contributed by atoms with Crippen molar-refractivity contribution in [1.29, 1.82) is 0 Å². The van der Waals surface area contributed by atoms with E-state index in [1.165, 1.54) is 42.3 Å². The normalized spacial score (nSPS) is 15.2. The van der Waals surface area contributed by atoms with Gasteiger partial charge in [-0.1, -0.05) is 19.9 Å². The van der Waals surface area contributed by atoms with Gasteiger partial charge >= 0.3 is 13.8 Å². The van der Waals surface area contributed by atoms with Gasteiger partial charge in [0.2, 0.25) is 5.95 Å². The van der Waals surface area contributed by atoms with Crippen LogP contribution in [-0.2, 0) is 22.4 Å². The summed E-state index contributed by atoms with van der Waals surface area (Å²) in [5.41, 5.74) is 0.285. The zero-order valence-electron chi connectivity index (χ0n) is 26.3. The zero-order valence-corrected chi connectivity index (χ0v) is 27.2. The molecule has 5 rings (SSSR count). The molecule has 47 heavy (non-hydrogen) atoms. The van der Waals surface area contributed by atoms with Crippen LogP contribution in [-0.4, -0.2) is 68.6 Å². The second-order valence-corrected chi connectivity index (χ2v) is 13.5. The Balaban J connectivity index is 1.53. The number of likely N-dealkylation sites (tertiary alicyclic amines) is 1. The highest BCUT2D eigenvalue weighted by Gasteiger charge is 2.45. The number of benzene rings is 2. The number of carbonyl (C=O) groups is 2. The summed E-state index contributed by atoms with van der Waals surface area (Å²) in [6, 6.07) is 7.38.